The number of para-hydroxylation sites is 1. The molecule has 0 aliphatic carbocycles. The van der Waals surface area contributed by atoms with Crippen LogP contribution in [0.15, 0.2) is 90.1 Å². The van der Waals surface area contributed by atoms with E-state index in [0.29, 0.717) is 10.8 Å². The zero-order valence-corrected chi connectivity index (χ0v) is 17.0. The summed E-state index contributed by atoms with van der Waals surface area (Å²) >= 11 is 0. The quantitative estimate of drug-likeness (QED) is 0.258. The van der Waals surface area contributed by atoms with E-state index in [-0.39, 0.29) is 29.2 Å². The van der Waals surface area contributed by atoms with Gasteiger partial charge in [-0.1, -0.05) is 66.7 Å². The van der Waals surface area contributed by atoms with Crippen molar-refractivity contribution in [2.24, 2.45) is 5.18 Å². The highest BCUT2D eigenvalue weighted by molar-refractivity contribution is 6.02. The van der Waals surface area contributed by atoms with Gasteiger partial charge >= 0.3 is 0 Å². The van der Waals surface area contributed by atoms with Crippen LogP contribution in [0.1, 0.15) is 5.56 Å². The van der Waals surface area contributed by atoms with Gasteiger partial charge in [-0.15, -0.1) is 4.91 Å². The van der Waals surface area contributed by atoms with Gasteiger partial charge in [-0.25, -0.2) is 4.39 Å². The molecule has 4 aromatic rings. The molecule has 0 aliphatic rings. The van der Waals surface area contributed by atoms with E-state index < -0.39 is 17.8 Å². The van der Waals surface area contributed by atoms with Crippen LogP contribution >= 0.6 is 0 Å². The number of carbonyl (C=O) groups excluding carboxylic acids is 1. The summed E-state index contributed by atoms with van der Waals surface area (Å²) in [6, 6.07) is 22.5. The number of carbonyl (C=O) groups is 1. The molecule has 0 spiro atoms. The van der Waals surface area contributed by atoms with E-state index in [0.717, 1.165) is 5.56 Å². The second kappa shape index (κ2) is 9.26. The van der Waals surface area contributed by atoms with E-state index in [1.165, 1.54) is 24.3 Å². The van der Waals surface area contributed by atoms with Gasteiger partial charge in [0.2, 0.25) is 5.91 Å². The molecule has 6 nitrogen and oxygen atoms in total. The first-order chi connectivity index (χ1) is 15.6. The summed E-state index contributed by atoms with van der Waals surface area (Å²) in [4.78, 5) is 24.5. The summed E-state index contributed by atoms with van der Waals surface area (Å²) in [5.74, 6) is -1.16. The van der Waals surface area contributed by atoms with Gasteiger partial charge in [0.1, 0.15) is 23.3 Å². The molecule has 1 atom stereocenters. The van der Waals surface area contributed by atoms with Crippen LogP contribution in [0.25, 0.3) is 10.8 Å². The van der Waals surface area contributed by atoms with Crippen molar-refractivity contribution in [1.29, 1.82) is 0 Å². The Morgan fingerprint density at radius 3 is 2.28 bits per heavy atom. The van der Waals surface area contributed by atoms with Gasteiger partial charge in [-0.05, 0) is 28.9 Å². The van der Waals surface area contributed by atoms with Gasteiger partial charge in [0, 0.05) is 17.2 Å². The molecule has 7 heteroatoms. The van der Waals surface area contributed by atoms with E-state index in [1.807, 2.05) is 30.3 Å². The Kier molecular flexibility index (Phi) is 6.07. The molecule has 160 valence electrons. The number of amides is 1. The van der Waals surface area contributed by atoms with Crippen molar-refractivity contribution in [3.8, 4) is 5.75 Å². The molecular formula is C25H20FN3O3. The number of aromatic hydroxyl groups is 1. The Labute approximate surface area is 183 Å². The molecule has 0 saturated carbocycles. The number of halogens is 1. The summed E-state index contributed by atoms with van der Waals surface area (Å²) in [5.41, 5.74) is 1.23. The standard InChI is InChI=1S/C25H20FN3O3/c26-19-12-6-7-13-20(19)28-25(31)23(14-16-8-2-1-3-9-16)27-22-15-21(29-32)17-10-4-5-11-18(17)24(22)30/h1-13,15,23,27,30H,14H2,(H,28,31)/t23-/m1/s1. The number of hydrogen-bond acceptors (Lipinski definition) is 5. The number of phenols is 1. The van der Waals surface area contributed by atoms with Crippen LogP contribution in [0.2, 0.25) is 0 Å². The number of rotatable bonds is 7. The normalized spacial score (nSPS) is 11.7. The first-order valence-electron chi connectivity index (χ1n) is 10.0. The first kappa shape index (κ1) is 21.0. The van der Waals surface area contributed by atoms with E-state index in [4.69, 9.17) is 0 Å². The first-order valence-corrected chi connectivity index (χ1v) is 10.0. The number of nitrogens with one attached hydrogen (secondary N) is 2. The van der Waals surface area contributed by atoms with Gasteiger partial charge in [-0.3, -0.25) is 4.79 Å². The number of nitrogens with zero attached hydrogens (tertiary/aromatic N) is 1. The Morgan fingerprint density at radius 1 is 0.906 bits per heavy atom. The van der Waals surface area contributed by atoms with Crippen LogP contribution in [0.4, 0.5) is 21.5 Å². The molecule has 32 heavy (non-hydrogen) atoms. The Bertz CT molecular complexity index is 1280. The van der Waals surface area contributed by atoms with Crippen molar-refractivity contribution in [3.05, 3.63) is 101 Å². The maximum Gasteiger partial charge on any atom is 0.247 e. The summed E-state index contributed by atoms with van der Waals surface area (Å²) in [7, 11) is 0. The Morgan fingerprint density at radius 2 is 1.56 bits per heavy atom. The highest BCUT2D eigenvalue weighted by Gasteiger charge is 2.23. The minimum absolute atomic E-state index is 0.0512. The SMILES string of the molecule is O=Nc1cc(N[C@H](Cc2ccccc2)C(=O)Nc2ccccc2F)c(O)c2ccccc12. The van der Waals surface area contributed by atoms with E-state index in [9.17, 15) is 19.2 Å². The lowest BCUT2D eigenvalue weighted by atomic mass is 10.0. The smallest absolute Gasteiger partial charge is 0.247 e. The van der Waals surface area contributed by atoms with E-state index >= 15 is 0 Å². The third-order valence-corrected chi connectivity index (χ3v) is 5.15. The van der Waals surface area contributed by atoms with E-state index in [1.54, 1.807) is 30.3 Å². The molecule has 0 aromatic heterocycles. The van der Waals surface area contributed by atoms with Crippen molar-refractivity contribution in [1.82, 2.24) is 0 Å². The summed E-state index contributed by atoms with van der Waals surface area (Å²) in [5, 5.41) is 20.4. The van der Waals surface area contributed by atoms with E-state index in [2.05, 4.69) is 15.8 Å². The summed E-state index contributed by atoms with van der Waals surface area (Å²) in [6.45, 7) is 0. The Hall–Kier alpha value is -4.26. The number of fused-ring (bicyclic) bond motifs is 1. The Balaban J connectivity index is 1.70. The fourth-order valence-electron chi connectivity index (χ4n) is 3.56. The molecule has 3 N–H and O–H groups in total. The molecule has 4 rings (SSSR count). The summed E-state index contributed by atoms with van der Waals surface area (Å²) < 4.78 is 14.1. The van der Waals surface area contributed by atoms with Crippen molar-refractivity contribution in [2.45, 2.75) is 12.5 Å². The number of phenolic OH excluding ortho intramolecular Hbond substituents is 1. The molecule has 0 aliphatic heterocycles. The molecule has 0 heterocycles. The predicted octanol–water partition coefficient (Wildman–Crippen LogP) is 5.74. The third kappa shape index (κ3) is 4.41. The van der Waals surface area contributed by atoms with Gasteiger partial charge < -0.3 is 15.7 Å². The lowest BCUT2D eigenvalue weighted by Crippen LogP contribution is -2.36. The molecule has 0 radical (unpaired) electrons. The van der Waals surface area contributed by atoms with Crippen molar-refractivity contribution in [2.75, 3.05) is 10.6 Å². The summed E-state index contributed by atoms with van der Waals surface area (Å²) in [6.07, 6.45) is 0.261. The van der Waals surface area contributed by atoms with Crippen molar-refractivity contribution in [3.63, 3.8) is 0 Å². The minimum atomic E-state index is -0.872. The van der Waals surface area contributed by atoms with Crippen LogP contribution in [-0.2, 0) is 11.2 Å². The second-order valence-electron chi connectivity index (χ2n) is 7.28. The lowest BCUT2D eigenvalue weighted by Gasteiger charge is -2.21. The maximum atomic E-state index is 14.1. The van der Waals surface area contributed by atoms with Crippen LogP contribution in [0.5, 0.6) is 5.75 Å². The predicted molar refractivity (Wildman–Crippen MR) is 124 cm³/mol. The van der Waals surface area contributed by atoms with Crippen molar-refractivity contribution < 1.29 is 14.3 Å². The lowest BCUT2D eigenvalue weighted by molar-refractivity contribution is -0.116. The zero-order valence-electron chi connectivity index (χ0n) is 17.0. The topological polar surface area (TPSA) is 90.8 Å². The average molecular weight is 429 g/mol. The highest BCUT2D eigenvalue weighted by Crippen LogP contribution is 2.39. The third-order valence-electron chi connectivity index (χ3n) is 5.15. The highest BCUT2D eigenvalue weighted by atomic mass is 19.1. The van der Waals surface area contributed by atoms with Crippen LogP contribution < -0.4 is 10.6 Å². The molecule has 0 saturated heterocycles. The number of hydrogen-bond donors (Lipinski definition) is 3. The van der Waals surface area contributed by atoms with Crippen LogP contribution in [0, 0.1) is 10.7 Å². The van der Waals surface area contributed by atoms with Gasteiger partial charge in [-0.2, -0.15) is 0 Å². The molecule has 1 amide bonds. The average Bonchev–Trinajstić information content (AvgIpc) is 2.82. The minimum Gasteiger partial charge on any atom is -0.505 e. The molecular weight excluding hydrogens is 409 g/mol. The van der Waals surface area contributed by atoms with Gasteiger partial charge in [0.05, 0.1) is 11.4 Å². The molecule has 0 fully saturated rings. The monoisotopic (exact) mass is 429 g/mol. The molecule has 0 bridgehead atoms. The number of benzene rings is 4. The number of nitroso groups, excluding NO2 is 1. The number of anilines is 2. The van der Waals surface area contributed by atoms with Gasteiger partial charge in [0.25, 0.3) is 0 Å². The zero-order chi connectivity index (χ0) is 22.5. The fourth-order valence-corrected chi connectivity index (χ4v) is 3.56. The largest absolute Gasteiger partial charge is 0.505 e. The fraction of sp³-hybridized carbons (Fsp3) is 0.0800. The van der Waals surface area contributed by atoms with Crippen LogP contribution in [-0.4, -0.2) is 17.1 Å². The van der Waals surface area contributed by atoms with Gasteiger partial charge in [0.15, 0.2) is 0 Å². The molecule has 0 unspecified atom stereocenters. The van der Waals surface area contributed by atoms with Crippen LogP contribution in [0.3, 0.4) is 0 Å². The maximum absolute atomic E-state index is 14.1. The molecule has 4 aromatic carbocycles. The second-order valence-corrected chi connectivity index (χ2v) is 7.28. The van der Waals surface area contributed by atoms with Crippen molar-refractivity contribution >= 4 is 33.7 Å².